The number of nitrogens with zero attached hydrogens (tertiary/aromatic N) is 5. The van der Waals surface area contributed by atoms with Gasteiger partial charge in [-0.25, -0.2) is 15.0 Å². The summed E-state index contributed by atoms with van der Waals surface area (Å²) in [5, 5.41) is 7.36. The second kappa shape index (κ2) is 12.1. The lowest BCUT2D eigenvalue weighted by atomic mass is 10.0. The SMILES string of the molecule is c1ccc(-c2nc(-c3ccccc3)nc(-c3ccccc3-n3c4ccccc4c4cc5c6c7ccccc7ccc6n(-c6ccccc6)c5cc43)n2)cc1. The minimum absolute atomic E-state index is 0.621. The Hall–Kier alpha value is -7.37. The molecular formula is C49H31N5. The first-order chi connectivity index (χ1) is 26.8. The smallest absolute Gasteiger partial charge is 0.166 e. The number of fused-ring (bicyclic) bond motifs is 8. The van der Waals surface area contributed by atoms with Gasteiger partial charge in [0.05, 0.1) is 27.8 Å². The molecule has 0 spiro atoms. The molecule has 0 aliphatic rings. The van der Waals surface area contributed by atoms with E-state index in [-0.39, 0.29) is 0 Å². The van der Waals surface area contributed by atoms with Crippen molar-refractivity contribution in [2.75, 3.05) is 0 Å². The van der Waals surface area contributed by atoms with Gasteiger partial charge in [-0.05, 0) is 59.3 Å². The summed E-state index contributed by atoms with van der Waals surface area (Å²) in [6, 6.07) is 66.2. The number of para-hydroxylation sites is 3. The van der Waals surface area contributed by atoms with E-state index in [1.165, 1.54) is 37.8 Å². The second-order valence-electron chi connectivity index (χ2n) is 13.6. The van der Waals surface area contributed by atoms with Crippen molar-refractivity contribution >= 4 is 54.4 Å². The maximum atomic E-state index is 5.15. The van der Waals surface area contributed by atoms with E-state index in [0.717, 1.165) is 44.6 Å². The average molecular weight is 690 g/mol. The summed E-state index contributed by atoms with van der Waals surface area (Å²) >= 11 is 0. The summed E-state index contributed by atoms with van der Waals surface area (Å²) < 4.78 is 4.80. The standard InChI is InChI=1S/C49H31N5/c1-4-17-33(18-5-1)47-50-48(34-19-6-2-7-20-34)52-49(51-47)38-25-13-15-27-42(38)54-41-26-14-12-24-37(41)39-30-40-45(31-44(39)54)53(35-21-8-3-9-22-35)43-29-28-32-16-10-11-23-36(32)46(40)43/h1-31H. The summed E-state index contributed by atoms with van der Waals surface area (Å²) in [7, 11) is 0. The molecule has 0 unspecified atom stereocenters. The van der Waals surface area contributed by atoms with Gasteiger partial charge < -0.3 is 9.13 Å². The topological polar surface area (TPSA) is 48.5 Å². The fourth-order valence-electron chi connectivity index (χ4n) is 8.15. The first-order valence-electron chi connectivity index (χ1n) is 18.2. The minimum atomic E-state index is 0.621. The van der Waals surface area contributed by atoms with Crippen LogP contribution >= 0.6 is 0 Å². The third-order valence-electron chi connectivity index (χ3n) is 10.5. The van der Waals surface area contributed by atoms with Crippen LogP contribution in [0.25, 0.3) is 99.9 Å². The Balaban J connectivity index is 1.24. The maximum Gasteiger partial charge on any atom is 0.166 e. The molecule has 0 N–H and O–H groups in total. The zero-order valence-electron chi connectivity index (χ0n) is 29.1. The van der Waals surface area contributed by atoms with Gasteiger partial charge in [0, 0.05) is 43.9 Å². The number of rotatable bonds is 5. The third kappa shape index (κ3) is 4.69. The number of aromatic nitrogens is 5. The Bertz CT molecular complexity index is 3140. The normalized spacial score (nSPS) is 11.7. The van der Waals surface area contributed by atoms with Gasteiger partial charge in [0.1, 0.15) is 0 Å². The highest BCUT2D eigenvalue weighted by atomic mass is 15.1. The Kier molecular flexibility index (Phi) is 6.79. The van der Waals surface area contributed by atoms with Gasteiger partial charge in [-0.1, -0.05) is 140 Å². The molecule has 3 aromatic heterocycles. The van der Waals surface area contributed by atoms with E-state index in [4.69, 9.17) is 15.0 Å². The largest absolute Gasteiger partial charge is 0.309 e. The van der Waals surface area contributed by atoms with E-state index in [2.05, 4.69) is 137 Å². The van der Waals surface area contributed by atoms with Crippen molar-refractivity contribution in [2.24, 2.45) is 0 Å². The zero-order chi connectivity index (χ0) is 35.6. The predicted molar refractivity (Wildman–Crippen MR) is 222 cm³/mol. The molecule has 0 atom stereocenters. The molecule has 0 radical (unpaired) electrons. The summed E-state index contributed by atoms with van der Waals surface area (Å²) in [5.74, 6) is 1.89. The summed E-state index contributed by atoms with van der Waals surface area (Å²) in [5.41, 5.74) is 9.50. The van der Waals surface area contributed by atoms with Crippen molar-refractivity contribution in [3.05, 3.63) is 188 Å². The molecule has 0 aliphatic heterocycles. The van der Waals surface area contributed by atoms with E-state index in [1.54, 1.807) is 0 Å². The van der Waals surface area contributed by atoms with Crippen LogP contribution in [0.1, 0.15) is 0 Å². The highest BCUT2D eigenvalue weighted by Gasteiger charge is 2.22. The molecule has 0 saturated heterocycles. The van der Waals surface area contributed by atoms with Crippen LogP contribution in [0, 0.1) is 0 Å². The quantitative estimate of drug-likeness (QED) is 0.181. The number of hydrogen-bond acceptors (Lipinski definition) is 3. The van der Waals surface area contributed by atoms with Gasteiger partial charge in [-0.3, -0.25) is 0 Å². The molecule has 0 saturated carbocycles. The van der Waals surface area contributed by atoms with Crippen LogP contribution in [0.2, 0.25) is 0 Å². The second-order valence-corrected chi connectivity index (χ2v) is 13.6. The van der Waals surface area contributed by atoms with E-state index in [9.17, 15) is 0 Å². The van der Waals surface area contributed by atoms with Crippen LogP contribution in [0.5, 0.6) is 0 Å². The Morgan fingerprint density at radius 1 is 0.333 bits per heavy atom. The van der Waals surface area contributed by atoms with Gasteiger partial charge in [0.2, 0.25) is 0 Å². The third-order valence-corrected chi connectivity index (χ3v) is 10.5. The Labute approximate surface area is 311 Å². The van der Waals surface area contributed by atoms with Crippen LogP contribution in [-0.2, 0) is 0 Å². The Morgan fingerprint density at radius 2 is 0.907 bits per heavy atom. The molecule has 5 nitrogen and oxygen atoms in total. The number of hydrogen-bond donors (Lipinski definition) is 0. The lowest BCUT2D eigenvalue weighted by Crippen LogP contribution is -2.03. The van der Waals surface area contributed by atoms with E-state index in [0.29, 0.717) is 17.5 Å². The highest BCUT2D eigenvalue weighted by Crippen LogP contribution is 2.43. The Morgan fingerprint density at radius 3 is 1.65 bits per heavy atom. The van der Waals surface area contributed by atoms with Gasteiger partial charge in [0.25, 0.3) is 0 Å². The van der Waals surface area contributed by atoms with Crippen LogP contribution in [0.4, 0.5) is 0 Å². The van der Waals surface area contributed by atoms with Crippen LogP contribution < -0.4 is 0 Å². The lowest BCUT2D eigenvalue weighted by Gasteiger charge is -2.15. The first-order valence-corrected chi connectivity index (χ1v) is 18.2. The molecule has 5 heteroatoms. The first kappa shape index (κ1) is 30.3. The van der Waals surface area contributed by atoms with E-state index in [1.807, 2.05) is 60.7 Å². The van der Waals surface area contributed by atoms with Crippen LogP contribution in [0.15, 0.2) is 188 Å². The van der Waals surface area contributed by atoms with Gasteiger partial charge in [-0.15, -0.1) is 0 Å². The van der Waals surface area contributed by atoms with Crippen molar-refractivity contribution in [3.8, 4) is 45.5 Å². The zero-order valence-corrected chi connectivity index (χ0v) is 29.1. The molecule has 0 bridgehead atoms. The molecule has 11 aromatic rings. The molecule has 0 fully saturated rings. The average Bonchev–Trinajstić information content (AvgIpc) is 3.75. The van der Waals surface area contributed by atoms with Gasteiger partial charge >= 0.3 is 0 Å². The fraction of sp³-hybridized carbons (Fsp3) is 0. The minimum Gasteiger partial charge on any atom is -0.309 e. The molecule has 8 aromatic carbocycles. The van der Waals surface area contributed by atoms with Gasteiger partial charge in [-0.2, -0.15) is 0 Å². The van der Waals surface area contributed by atoms with Crippen molar-refractivity contribution in [1.29, 1.82) is 0 Å². The van der Waals surface area contributed by atoms with Crippen LogP contribution in [0.3, 0.4) is 0 Å². The molecule has 0 aliphatic carbocycles. The molecule has 54 heavy (non-hydrogen) atoms. The van der Waals surface area contributed by atoms with Crippen molar-refractivity contribution in [3.63, 3.8) is 0 Å². The molecule has 3 heterocycles. The number of benzene rings is 8. The van der Waals surface area contributed by atoms with E-state index < -0.39 is 0 Å². The summed E-state index contributed by atoms with van der Waals surface area (Å²) in [6.07, 6.45) is 0. The van der Waals surface area contributed by atoms with E-state index >= 15 is 0 Å². The molecule has 0 amide bonds. The van der Waals surface area contributed by atoms with Crippen molar-refractivity contribution < 1.29 is 0 Å². The van der Waals surface area contributed by atoms with Crippen molar-refractivity contribution in [1.82, 2.24) is 24.1 Å². The monoisotopic (exact) mass is 689 g/mol. The van der Waals surface area contributed by atoms with Gasteiger partial charge in [0.15, 0.2) is 17.5 Å². The fourth-order valence-corrected chi connectivity index (χ4v) is 8.15. The summed E-state index contributed by atoms with van der Waals surface area (Å²) in [6.45, 7) is 0. The molecular weight excluding hydrogens is 659 g/mol. The highest BCUT2D eigenvalue weighted by molar-refractivity contribution is 6.25. The molecule has 11 rings (SSSR count). The maximum absolute atomic E-state index is 5.15. The van der Waals surface area contributed by atoms with Crippen LogP contribution in [-0.4, -0.2) is 24.1 Å². The summed E-state index contributed by atoms with van der Waals surface area (Å²) in [4.78, 5) is 15.3. The predicted octanol–water partition coefficient (Wildman–Crippen LogP) is 12.2. The lowest BCUT2D eigenvalue weighted by molar-refractivity contribution is 1.06. The van der Waals surface area contributed by atoms with Crippen molar-refractivity contribution in [2.45, 2.75) is 0 Å². The molecule has 252 valence electrons.